The smallest absolute Gasteiger partial charge is 0.246 e. The monoisotopic (exact) mass is 217 g/mol. The number of nitrogens with one attached hydrogen (secondary N) is 1. The molecule has 0 heterocycles. The average Bonchev–Trinajstić information content (AvgIpc) is 2.10. The molecule has 0 aromatic carbocycles. The van der Waals surface area contributed by atoms with Crippen LogP contribution >= 0.6 is 0 Å². The summed E-state index contributed by atoms with van der Waals surface area (Å²) in [7, 11) is 0. The lowest BCUT2D eigenvalue weighted by molar-refractivity contribution is -0.127. The van der Waals surface area contributed by atoms with E-state index < -0.39 is 6.10 Å². The molecular formula is C11H23NO3. The molecule has 0 rings (SSSR count). The minimum absolute atomic E-state index is 0.0522. The first-order valence-electron chi connectivity index (χ1n) is 5.48. The molecule has 0 aliphatic carbocycles. The van der Waals surface area contributed by atoms with Crippen LogP contribution in [0.1, 0.15) is 34.1 Å². The minimum Gasteiger partial charge on any atom is -0.391 e. The van der Waals surface area contributed by atoms with Gasteiger partial charge in [-0.2, -0.15) is 0 Å². The molecule has 0 aromatic rings. The highest BCUT2D eigenvalue weighted by atomic mass is 16.5. The summed E-state index contributed by atoms with van der Waals surface area (Å²) in [5.41, 5.74) is 0. The second kappa shape index (κ2) is 7.65. The van der Waals surface area contributed by atoms with Crippen LogP contribution in [0, 0.1) is 5.92 Å². The molecule has 0 fully saturated rings. The van der Waals surface area contributed by atoms with Crippen LogP contribution in [0.3, 0.4) is 0 Å². The third-order valence-corrected chi connectivity index (χ3v) is 1.83. The molecule has 15 heavy (non-hydrogen) atoms. The van der Waals surface area contributed by atoms with Gasteiger partial charge < -0.3 is 15.2 Å². The van der Waals surface area contributed by atoms with Crippen molar-refractivity contribution < 1.29 is 14.6 Å². The molecule has 4 heteroatoms. The van der Waals surface area contributed by atoms with Crippen LogP contribution in [0.4, 0.5) is 0 Å². The first-order chi connectivity index (χ1) is 6.91. The van der Waals surface area contributed by atoms with Crippen molar-refractivity contribution in [1.29, 1.82) is 0 Å². The van der Waals surface area contributed by atoms with Crippen LogP contribution in [-0.4, -0.2) is 36.4 Å². The van der Waals surface area contributed by atoms with Crippen molar-refractivity contribution in [3.8, 4) is 0 Å². The fourth-order valence-electron chi connectivity index (χ4n) is 1.15. The van der Waals surface area contributed by atoms with E-state index in [1.807, 2.05) is 27.7 Å². The normalized spacial score (nSPS) is 13.3. The Morgan fingerprint density at radius 3 is 2.40 bits per heavy atom. The molecule has 0 saturated heterocycles. The van der Waals surface area contributed by atoms with E-state index in [2.05, 4.69) is 5.32 Å². The van der Waals surface area contributed by atoms with Crippen LogP contribution in [-0.2, 0) is 9.53 Å². The van der Waals surface area contributed by atoms with Crippen molar-refractivity contribution in [1.82, 2.24) is 5.32 Å². The van der Waals surface area contributed by atoms with Crippen molar-refractivity contribution in [2.24, 2.45) is 5.92 Å². The molecule has 0 saturated carbocycles. The van der Waals surface area contributed by atoms with Gasteiger partial charge in [0.15, 0.2) is 0 Å². The van der Waals surface area contributed by atoms with Crippen molar-refractivity contribution in [3.05, 3.63) is 0 Å². The van der Waals surface area contributed by atoms with Gasteiger partial charge in [-0.15, -0.1) is 0 Å². The molecule has 1 unspecified atom stereocenters. The minimum atomic E-state index is -0.465. The molecule has 1 atom stereocenters. The van der Waals surface area contributed by atoms with Crippen molar-refractivity contribution in [2.45, 2.75) is 46.3 Å². The van der Waals surface area contributed by atoms with E-state index in [-0.39, 0.29) is 18.6 Å². The number of hydrogen-bond donors (Lipinski definition) is 2. The van der Waals surface area contributed by atoms with Gasteiger partial charge in [-0.25, -0.2) is 0 Å². The van der Waals surface area contributed by atoms with Gasteiger partial charge in [-0.1, -0.05) is 13.8 Å². The summed E-state index contributed by atoms with van der Waals surface area (Å²) in [6, 6.07) is 0. The van der Waals surface area contributed by atoms with Gasteiger partial charge in [-0.3, -0.25) is 4.79 Å². The summed E-state index contributed by atoms with van der Waals surface area (Å²) in [5.74, 6) is 0.260. The molecule has 0 aliphatic rings. The van der Waals surface area contributed by atoms with Crippen LogP contribution in [0.5, 0.6) is 0 Å². The fraction of sp³-hybridized carbons (Fsp3) is 0.909. The number of aliphatic hydroxyl groups excluding tert-OH is 1. The number of ether oxygens (including phenoxy) is 1. The van der Waals surface area contributed by atoms with Gasteiger partial charge in [0.05, 0.1) is 12.2 Å². The zero-order chi connectivity index (χ0) is 11.8. The summed E-state index contributed by atoms with van der Waals surface area (Å²) in [6.07, 6.45) is 0.287. The number of carbonyl (C=O) groups excluding carboxylic acids is 1. The van der Waals surface area contributed by atoms with Crippen molar-refractivity contribution in [2.75, 3.05) is 13.2 Å². The number of aliphatic hydroxyl groups is 1. The summed E-state index contributed by atoms with van der Waals surface area (Å²) in [4.78, 5) is 11.2. The fourth-order valence-corrected chi connectivity index (χ4v) is 1.15. The second-order valence-electron chi connectivity index (χ2n) is 4.45. The molecule has 2 N–H and O–H groups in total. The summed E-state index contributed by atoms with van der Waals surface area (Å²) in [5, 5.41) is 12.1. The molecule has 0 spiro atoms. The number of amides is 1. The standard InChI is InChI=1S/C11H23NO3/c1-8(2)5-10(13)6-12-11(14)7-15-9(3)4/h8-10,13H,5-7H2,1-4H3,(H,12,14). The number of hydrogen-bond acceptors (Lipinski definition) is 3. The van der Waals surface area contributed by atoms with Gasteiger partial charge >= 0.3 is 0 Å². The average molecular weight is 217 g/mol. The number of carbonyl (C=O) groups is 1. The molecule has 0 bridgehead atoms. The molecule has 0 aliphatic heterocycles. The van der Waals surface area contributed by atoms with Gasteiger partial charge in [-0.05, 0) is 26.2 Å². The highest BCUT2D eigenvalue weighted by Gasteiger charge is 2.09. The van der Waals surface area contributed by atoms with Crippen LogP contribution in [0.25, 0.3) is 0 Å². The maximum Gasteiger partial charge on any atom is 0.246 e. The Labute approximate surface area is 92.0 Å². The van der Waals surface area contributed by atoms with Gasteiger partial charge in [0.25, 0.3) is 0 Å². The van der Waals surface area contributed by atoms with Crippen molar-refractivity contribution in [3.63, 3.8) is 0 Å². The Bertz CT molecular complexity index is 181. The highest BCUT2D eigenvalue weighted by Crippen LogP contribution is 2.03. The lowest BCUT2D eigenvalue weighted by Crippen LogP contribution is -2.35. The maximum absolute atomic E-state index is 11.2. The quantitative estimate of drug-likeness (QED) is 0.667. The Hall–Kier alpha value is -0.610. The predicted octanol–water partition coefficient (Wildman–Crippen LogP) is 0.935. The summed E-state index contributed by atoms with van der Waals surface area (Å²) in [6.45, 7) is 8.19. The Kier molecular flexibility index (Phi) is 7.34. The lowest BCUT2D eigenvalue weighted by Gasteiger charge is -2.14. The topological polar surface area (TPSA) is 58.6 Å². The molecule has 90 valence electrons. The Morgan fingerprint density at radius 2 is 1.93 bits per heavy atom. The molecule has 4 nitrogen and oxygen atoms in total. The summed E-state index contributed by atoms with van der Waals surface area (Å²) >= 11 is 0. The zero-order valence-electron chi connectivity index (χ0n) is 10.1. The van der Waals surface area contributed by atoms with E-state index in [9.17, 15) is 9.90 Å². The van der Waals surface area contributed by atoms with E-state index in [1.54, 1.807) is 0 Å². The number of rotatable bonds is 7. The molecule has 0 aromatic heterocycles. The van der Waals surface area contributed by atoms with E-state index >= 15 is 0 Å². The third kappa shape index (κ3) is 9.69. The van der Waals surface area contributed by atoms with E-state index in [1.165, 1.54) is 0 Å². The van der Waals surface area contributed by atoms with E-state index in [0.29, 0.717) is 18.9 Å². The van der Waals surface area contributed by atoms with E-state index in [4.69, 9.17) is 4.74 Å². The zero-order valence-corrected chi connectivity index (χ0v) is 10.1. The first kappa shape index (κ1) is 14.4. The molecule has 1 amide bonds. The molecule has 0 radical (unpaired) electrons. The predicted molar refractivity (Wildman–Crippen MR) is 59.6 cm³/mol. The first-order valence-corrected chi connectivity index (χ1v) is 5.48. The Balaban J connectivity index is 3.53. The van der Waals surface area contributed by atoms with E-state index in [0.717, 1.165) is 0 Å². The van der Waals surface area contributed by atoms with Gasteiger partial charge in [0.1, 0.15) is 6.61 Å². The largest absolute Gasteiger partial charge is 0.391 e. The van der Waals surface area contributed by atoms with Gasteiger partial charge in [0, 0.05) is 6.54 Å². The van der Waals surface area contributed by atoms with Crippen LogP contribution < -0.4 is 5.32 Å². The highest BCUT2D eigenvalue weighted by molar-refractivity contribution is 5.77. The Morgan fingerprint density at radius 1 is 1.33 bits per heavy atom. The van der Waals surface area contributed by atoms with Gasteiger partial charge in [0.2, 0.25) is 5.91 Å². The lowest BCUT2D eigenvalue weighted by atomic mass is 10.1. The SMILES string of the molecule is CC(C)CC(O)CNC(=O)COC(C)C. The maximum atomic E-state index is 11.2. The molecular weight excluding hydrogens is 194 g/mol. The van der Waals surface area contributed by atoms with Crippen molar-refractivity contribution >= 4 is 5.91 Å². The van der Waals surface area contributed by atoms with Crippen LogP contribution in [0.2, 0.25) is 0 Å². The summed E-state index contributed by atoms with van der Waals surface area (Å²) < 4.78 is 5.12. The third-order valence-electron chi connectivity index (χ3n) is 1.83. The van der Waals surface area contributed by atoms with Crippen LogP contribution in [0.15, 0.2) is 0 Å². The second-order valence-corrected chi connectivity index (χ2v) is 4.45.